The summed E-state index contributed by atoms with van der Waals surface area (Å²) in [7, 11) is 1.52. The Balaban J connectivity index is 1.67. The average molecular weight is 564 g/mol. The van der Waals surface area contributed by atoms with E-state index in [0.717, 1.165) is 12.5 Å². The molecule has 0 saturated carbocycles. The van der Waals surface area contributed by atoms with Crippen LogP contribution in [0.5, 0.6) is 0 Å². The van der Waals surface area contributed by atoms with Crippen LogP contribution in [0.2, 0.25) is 0 Å². The number of ether oxygens (including phenoxy) is 1. The maximum absolute atomic E-state index is 15.6. The number of hydrogen-bond donors (Lipinski definition) is 1. The maximum Gasteiger partial charge on any atom is 0.410 e. The largest absolute Gasteiger partial charge is 0.444 e. The molecule has 1 amide bonds. The van der Waals surface area contributed by atoms with E-state index in [-0.39, 0.29) is 46.1 Å². The SMILES string of the molecule is CCC(c1ncnc(N)c1C(=NC)c1ccc(C(=O)c2ccccc2F)cc1F)C1CCN(C(=O)OC(C)(C)C)C1. The lowest BCUT2D eigenvalue weighted by molar-refractivity contribution is 0.0286. The molecule has 2 unspecified atom stereocenters. The predicted octanol–water partition coefficient (Wildman–Crippen LogP) is 5.79. The van der Waals surface area contributed by atoms with Gasteiger partial charge in [-0.25, -0.2) is 23.5 Å². The Morgan fingerprint density at radius 2 is 1.85 bits per heavy atom. The molecule has 0 aliphatic carbocycles. The zero-order valence-electron chi connectivity index (χ0n) is 23.9. The number of hydrogen-bond acceptors (Lipinski definition) is 7. The first-order valence-electron chi connectivity index (χ1n) is 13.6. The van der Waals surface area contributed by atoms with Crippen LogP contribution in [-0.4, -0.2) is 58.2 Å². The number of aliphatic imine (C=N–C) groups is 1. The third-order valence-corrected chi connectivity index (χ3v) is 7.21. The van der Waals surface area contributed by atoms with Crippen LogP contribution in [0.15, 0.2) is 53.8 Å². The first kappa shape index (κ1) is 29.8. The molecule has 10 heteroatoms. The van der Waals surface area contributed by atoms with Crippen LogP contribution in [0.1, 0.15) is 79.2 Å². The first-order chi connectivity index (χ1) is 19.4. The molecular formula is C31H35F2N5O3. The second kappa shape index (κ2) is 12.1. The number of anilines is 1. The number of rotatable bonds is 7. The van der Waals surface area contributed by atoms with E-state index in [2.05, 4.69) is 15.0 Å². The molecule has 0 bridgehead atoms. The molecule has 1 aliphatic heterocycles. The zero-order chi connectivity index (χ0) is 29.9. The van der Waals surface area contributed by atoms with Crippen molar-refractivity contribution in [2.75, 3.05) is 25.9 Å². The molecule has 2 N–H and O–H groups in total. The summed E-state index contributed by atoms with van der Waals surface area (Å²) in [6.45, 7) is 8.54. The van der Waals surface area contributed by atoms with Gasteiger partial charge in [0.05, 0.1) is 22.5 Å². The number of likely N-dealkylation sites (tertiary alicyclic amines) is 1. The number of nitrogens with two attached hydrogens (primary N) is 1. The molecule has 4 rings (SSSR count). The fourth-order valence-electron chi connectivity index (χ4n) is 5.31. The van der Waals surface area contributed by atoms with Crippen molar-refractivity contribution in [3.8, 4) is 0 Å². The second-order valence-electron chi connectivity index (χ2n) is 11.1. The van der Waals surface area contributed by atoms with Gasteiger partial charge in [-0.15, -0.1) is 0 Å². The molecule has 216 valence electrons. The molecule has 1 aromatic heterocycles. The summed E-state index contributed by atoms with van der Waals surface area (Å²) in [5.41, 5.74) is 6.99. The van der Waals surface area contributed by atoms with Crippen molar-refractivity contribution in [3.05, 3.63) is 88.4 Å². The molecular weight excluding hydrogens is 528 g/mol. The smallest absolute Gasteiger partial charge is 0.410 e. The summed E-state index contributed by atoms with van der Waals surface area (Å²) in [6.07, 6.45) is 2.43. The molecule has 1 aliphatic rings. The van der Waals surface area contributed by atoms with Crippen LogP contribution >= 0.6 is 0 Å². The molecule has 41 heavy (non-hydrogen) atoms. The van der Waals surface area contributed by atoms with Crippen LogP contribution < -0.4 is 5.73 Å². The molecule has 1 fully saturated rings. The topological polar surface area (TPSA) is 111 Å². The van der Waals surface area contributed by atoms with Gasteiger partial charge < -0.3 is 15.4 Å². The Labute approximate surface area is 238 Å². The zero-order valence-corrected chi connectivity index (χ0v) is 23.9. The number of benzene rings is 2. The van der Waals surface area contributed by atoms with E-state index in [1.54, 1.807) is 11.0 Å². The van der Waals surface area contributed by atoms with E-state index in [1.165, 1.54) is 43.7 Å². The fraction of sp³-hybridized carbons (Fsp3) is 0.387. The van der Waals surface area contributed by atoms with Gasteiger partial charge >= 0.3 is 6.09 Å². The highest BCUT2D eigenvalue weighted by molar-refractivity contribution is 6.17. The normalized spacial score (nSPS) is 16.5. The number of carbonyl (C=O) groups is 2. The Kier molecular flexibility index (Phi) is 8.80. The number of ketones is 1. The quantitative estimate of drug-likeness (QED) is 0.288. The van der Waals surface area contributed by atoms with E-state index < -0.39 is 23.0 Å². The van der Waals surface area contributed by atoms with Gasteiger partial charge in [-0.05, 0) is 63.8 Å². The van der Waals surface area contributed by atoms with Crippen LogP contribution in [-0.2, 0) is 4.74 Å². The van der Waals surface area contributed by atoms with Crippen LogP contribution in [0.25, 0.3) is 0 Å². The summed E-state index contributed by atoms with van der Waals surface area (Å²) in [5.74, 6) is -1.95. The summed E-state index contributed by atoms with van der Waals surface area (Å²) in [4.78, 5) is 40.4. The highest BCUT2D eigenvalue weighted by atomic mass is 19.1. The van der Waals surface area contributed by atoms with Gasteiger partial charge in [-0.2, -0.15) is 0 Å². The van der Waals surface area contributed by atoms with E-state index >= 15 is 4.39 Å². The van der Waals surface area contributed by atoms with Crippen molar-refractivity contribution in [1.29, 1.82) is 0 Å². The minimum atomic E-state index is -0.716. The number of nitrogens with zero attached hydrogens (tertiary/aromatic N) is 4. The lowest BCUT2D eigenvalue weighted by Gasteiger charge is -2.27. The van der Waals surface area contributed by atoms with E-state index in [1.807, 2.05) is 27.7 Å². The Bertz CT molecular complexity index is 1480. The molecule has 2 atom stereocenters. The summed E-state index contributed by atoms with van der Waals surface area (Å²) in [5, 5.41) is 0. The molecule has 0 radical (unpaired) electrons. The lowest BCUT2D eigenvalue weighted by Crippen LogP contribution is -2.35. The minimum Gasteiger partial charge on any atom is -0.444 e. The van der Waals surface area contributed by atoms with Crippen molar-refractivity contribution >= 4 is 23.4 Å². The van der Waals surface area contributed by atoms with Gasteiger partial charge in [0.1, 0.15) is 29.4 Å². The van der Waals surface area contributed by atoms with Crippen molar-refractivity contribution in [2.24, 2.45) is 10.9 Å². The van der Waals surface area contributed by atoms with Gasteiger partial charge in [0, 0.05) is 37.2 Å². The average Bonchev–Trinajstić information content (AvgIpc) is 3.41. The number of halogens is 2. The molecule has 2 heterocycles. The van der Waals surface area contributed by atoms with Gasteiger partial charge in [-0.3, -0.25) is 9.79 Å². The highest BCUT2D eigenvalue weighted by Crippen LogP contribution is 2.37. The standard InChI is InChI=1S/C31H35F2N5O3/c1-6-20(19-13-14-38(16-19)30(40)41-31(2,3)4)27-25(29(34)37-17-36-27)26(35-5)21-12-11-18(15-24(21)33)28(39)22-9-7-8-10-23(22)32/h7-12,15,17,19-20H,6,13-14,16H2,1-5H3,(H2,34,36,37). The third-order valence-electron chi connectivity index (χ3n) is 7.21. The van der Waals surface area contributed by atoms with E-state index in [4.69, 9.17) is 10.5 Å². The molecule has 0 spiro atoms. The number of nitrogen functional groups attached to an aromatic ring is 1. The predicted molar refractivity (Wildman–Crippen MR) is 153 cm³/mol. The Hall–Kier alpha value is -4.21. The summed E-state index contributed by atoms with van der Waals surface area (Å²) >= 11 is 0. The van der Waals surface area contributed by atoms with Crippen molar-refractivity contribution in [3.63, 3.8) is 0 Å². The lowest BCUT2D eigenvalue weighted by atomic mass is 9.83. The first-order valence-corrected chi connectivity index (χ1v) is 13.6. The number of aromatic nitrogens is 2. The van der Waals surface area contributed by atoms with Crippen molar-refractivity contribution in [1.82, 2.24) is 14.9 Å². The minimum absolute atomic E-state index is 0.00364. The highest BCUT2D eigenvalue weighted by Gasteiger charge is 2.36. The van der Waals surface area contributed by atoms with Gasteiger partial charge in [0.25, 0.3) is 0 Å². The molecule has 2 aromatic carbocycles. The van der Waals surface area contributed by atoms with Gasteiger partial charge in [0.15, 0.2) is 5.78 Å². The van der Waals surface area contributed by atoms with Crippen LogP contribution in [0, 0.1) is 17.6 Å². The Morgan fingerprint density at radius 3 is 2.49 bits per heavy atom. The van der Waals surface area contributed by atoms with E-state index in [9.17, 15) is 14.0 Å². The van der Waals surface area contributed by atoms with E-state index in [0.29, 0.717) is 30.8 Å². The van der Waals surface area contributed by atoms with Crippen LogP contribution in [0.3, 0.4) is 0 Å². The molecule has 8 nitrogen and oxygen atoms in total. The summed E-state index contributed by atoms with van der Waals surface area (Å²) in [6, 6.07) is 9.50. The Morgan fingerprint density at radius 1 is 1.12 bits per heavy atom. The number of carbonyl (C=O) groups excluding carboxylic acids is 2. The maximum atomic E-state index is 15.6. The van der Waals surface area contributed by atoms with Crippen LogP contribution in [0.4, 0.5) is 19.4 Å². The van der Waals surface area contributed by atoms with Crippen molar-refractivity contribution in [2.45, 2.75) is 52.1 Å². The summed E-state index contributed by atoms with van der Waals surface area (Å²) < 4.78 is 35.3. The monoisotopic (exact) mass is 563 g/mol. The van der Waals surface area contributed by atoms with Gasteiger partial charge in [-0.1, -0.05) is 25.1 Å². The van der Waals surface area contributed by atoms with Crippen molar-refractivity contribution < 1.29 is 23.1 Å². The third kappa shape index (κ3) is 6.42. The molecule has 1 saturated heterocycles. The fourth-order valence-corrected chi connectivity index (χ4v) is 5.31. The molecule has 3 aromatic rings. The van der Waals surface area contributed by atoms with Gasteiger partial charge in [0.2, 0.25) is 0 Å². The number of amides is 1. The second-order valence-corrected chi connectivity index (χ2v) is 11.1.